The number of benzene rings is 2. The van der Waals surface area contributed by atoms with E-state index in [-0.39, 0.29) is 15.6 Å². The van der Waals surface area contributed by atoms with Crippen LogP contribution in [0.1, 0.15) is 0 Å². The van der Waals surface area contributed by atoms with Crippen LogP contribution in [0, 0.1) is 0 Å². The fourth-order valence-corrected chi connectivity index (χ4v) is 1.53. The maximum Gasteiger partial charge on any atom is 0.123 e. The summed E-state index contributed by atoms with van der Waals surface area (Å²) < 4.78 is 0. The Bertz CT molecular complexity index is 443. The van der Waals surface area contributed by atoms with E-state index in [9.17, 15) is 5.11 Å². The summed E-state index contributed by atoms with van der Waals surface area (Å²) in [5.41, 5.74) is 1.73. The molecule has 15 heavy (non-hydrogen) atoms. The number of phenolic OH excluding ortho intramolecular Hbond substituents is 1. The monoisotopic (exact) mass is 238 g/mol. The van der Waals surface area contributed by atoms with Gasteiger partial charge < -0.3 is 5.11 Å². The lowest BCUT2D eigenvalue weighted by atomic mass is 10.1. The maximum absolute atomic E-state index is 9.63. The van der Waals surface area contributed by atoms with Crippen LogP contribution >= 0.6 is 21.5 Å². The van der Waals surface area contributed by atoms with Gasteiger partial charge in [-0.3, -0.25) is 0 Å². The molecule has 0 aliphatic rings. The first-order valence-corrected chi connectivity index (χ1v) is 4.69. The fourth-order valence-electron chi connectivity index (χ4n) is 1.36. The summed E-state index contributed by atoms with van der Waals surface area (Å²) in [6.45, 7) is 0. The third-order valence-electron chi connectivity index (χ3n) is 2.04. The molecule has 0 spiro atoms. The van der Waals surface area contributed by atoms with Gasteiger partial charge in [0.05, 0.1) is 0 Å². The average molecular weight is 239 g/mol. The summed E-state index contributed by atoms with van der Waals surface area (Å²) >= 11 is 5.86. The first kappa shape index (κ1) is 12.0. The Morgan fingerprint density at radius 3 is 2.27 bits per heavy atom. The molecular weight excluding hydrogens is 227 g/mol. The second-order valence-electron chi connectivity index (χ2n) is 3.03. The second-order valence-corrected chi connectivity index (χ2v) is 3.46. The second kappa shape index (κ2) is 5.16. The zero-order valence-electron chi connectivity index (χ0n) is 8.15. The smallest absolute Gasteiger partial charge is 0.123 e. The molecule has 1 nitrogen and oxygen atoms in total. The summed E-state index contributed by atoms with van der Waals surface area (Å²) in [5.74, 6) is 0.251. The lowest BCUT2D eigenvalue weighted by Gasteiger charge is -2.04. The molecule has 1 unspecified atom stereocenters. The summed E-state index contributed by atoms with van der Waals surface area (Å²) in [7, 11) is 0. The number of rotatable bonds is 1. The van der Waals surface area contributed by atoms with Crippen molar-refractivity contribution in [3.63, 3.8) is 0 Å². The van der Waals surface area contributed by atoms with E-state index in [1.807, 2.05) is 30.3 Å². The predicted octanol–water partition coefficient (Wildman–Crippen LogP) is 3.77. The number of halogens is 1. The Balaban J connectivity index is 0.00000112. The summed E-state index contributed by atoms with van der Waals surface area (Å²) in [6.07, 6.45) is 0. The van der Waals surface area contributed by atoms with Crippen LogP contribution in [-0.4, -0.2) is 5.11 Å². The molecule has 3 heteroatoms. The van der Waals surface area contributed by atoms with Gasteiger partial charge in [-0.15, -0.1) is 0 Å². The van der Waals surface area contributed by atoms with E-state index in [0.717, 1.165) is 11.1 Å². The molecule has 0 aromatic heterocycles. The SMILES string of the molecule is Oc1ccc(Cl)cc1-c1ccccc1.P. The lowest BCUT2D eigenvalue weighted by molar-refractivity contribution is 0.477. The molecule has 2 rings (SSSR count). The van der Waals surface area contributed by atoms with Gasteiger partial charge in [0.15, 0.2) is 0 Å². The Morgan fingerprint density at radius 2 is 1.60 bits per heavy atom. The minimum Gasteiger partial charge on any atom is -0.507 e. The normalized spacial score (nSPS) is 9.40. The minimum absolute atomic E-state index is 0. The van der Waals surface area contributed by atoms with Crippen LogP contribution in [0.4, 0.5) is 0 Å². The maximum atomic E-state index is 9.63. The van der Waals surface area contributed by atoms with E-state index in [1.54, 1.807) is 18.2 Å². The van der Waals surface area contributed by atoms with Gasteiger partial charge in [0, 0.05) is 10.6 Å². The quantitative estimate of drug-likeness (QED) is 0.750. The van der Waals surface area contributed by atoms with Crippen molar-refractivity contribution in [2.75, 3.05) is 0 Å². The molecule has 78 valence electrons. The van der Waals surface area contributed by atoms with Crippen molar-refractivity contribution in [2.24, 2.45) is 0 Å². The lowest BCUT2D eigenvalue weighted by Crippen LogP contribution is -1.78. The molecule has 0 aliphatic carbocycles. The molecule has 2 aromatic carbocycles. The third kappa shape index (κ3) is 2.71. The Hall–Kier alpha value is -1.04. The highest BCUT2D eigenvalue weighted by Gasteiger charge is 2.03. The number of hydrogen-bond donors (Lipinski definition) is 1. The molecule has 0 saturated carbocycles. The molecule has 1 N–H and O–H groups in total. The van der Waals surface area contributed by atoms with Crippen molar-refractivity contribution in [3.8, 4) is 16.9 Å². The largest absolute Gasteiger partial charge is 0.507 e. The summed E-state index contributed by atoms with van der Waals surface area (Å²) in [6, 6.07) is 14.7. The van der Waals surface area contributed by atoms with E-state index in [4.69, 9.17) is 11.6 Å². The summed E-state index contributed by atoms with van der Waals surface area (Å²) in [4.78, 5) is 0. The average Bonchev–Trinajstić information content (AvgIpc) is 2.23. The Labute approximate surface area is 97.3 Å². The van der Waals surface area contributed by atoms with Crippen molar-refractivity contribution < 1.29 is 5.11 Å². The highest BCUT2D eigenvalue weighted by molar-refractivity contribution is 6.92. The standard InChI is InChI=1S/C12H9ClO.H3P/c13-10-6-7-12(14)11(8-10)9-4-2-1-3-5-9;/h1-8,14H;1H3. The molecular formula is C12H12ClOP. The van der Waals surface area contributed by atoms with E-state index in [0.29, 0.717) is 5.02 Å². The van der Waals surface area contributed by atoms with Crippen molar-refractivity contribution >= 4 is 21.5 Å². The molecule has 0 radical (unpaired) electrons. The zero-order chi connectivity index (χ0) is 9.97. The van der Waals surface area contributed by atoms with Gasteiger partial charge in [0.2, 0.25) is 0 Å². The van der Waals surface area contributed by atoms with Crippen LogP contribution in [0.3, 0.4) is 0 Å². The van der Waals surface area contributed by atoms with Crippen molar-refractivity contribution in [2.45, 2.75) is 0 Å². The van der Waals surface area contributed by atoms with Gasteiger partial charge in [-0.2, -0.15) is 9.90 Å². The van der Waals surface area contributed by atoms with E-state index in [2.05, 4.69) is 0 Å². The summed E-state index contributed by atoms with van der Waals surface area (Å²) in [5, 5.41) is 10.3. The molecule has 2 aromatic rings. The van der Waals surface area contributed by atoms with Gasteiger partial charge in [0.25, 0.3) is 0 Å². The van der Waals surface area contributed by atoms with Crippen LogP contribution in [0.25, 0.3) is 11.1 Å². The van der Waals surface area contributed by atoms with Crippen LogP contribution < -0.4 is 0 Å². The van der Waals surface area contributed by atoms with E-state index in [1.165, 1.54) is 0 Å². The molecule has 0 bridgehead atoms. The number of phenols is 1. The molecule has 0 fully saturated rings. The number of aromatic hydroxyl groups is 1. The first-order valence-electron chi connectivity index (χ1n) is 4.31. The predicted molar refractivity (Wildman–Crippen MR) is 69.7 cm³/mol. The van der Waals surface area contributed by atoms with Crippen LogP contribution in [0.5, 0.6) is 5.75 Å². The van der Waals surface area contributed by atoms with E-state index >= 15 is 0 Å². The molecule has 0 saturated heterocycles. The van der Waals surface area contributed by atoms with Gasteiger partial charge >= 0.3 is 0 Å². The topological polar surface area (TPSA) is 20.2 Å². The van der Waals surface area contributed by atoms with Crippen molar-refractivity contribution in [1.29, 1.82) is 0 Å². The van der Waals surface area contributed by atoms with Crippen LogP contribution in [-0.2, 0) is 0 Å². The fraction of sp³-hybridized carbons (Fsp3) is 0. The molecule has 0 heterocycles. The molecule has 0 aliphatic heterocycles. The zero-order valence-corrected chi connectivity index (χ0v) is 10.3. The van der Waals surface area contributed by atoms with Gasteiger partial charge in [-0.05, 0) is 23.8 Å². The van der Waals surface area contributed by atoms with E-state index < -0.39 is 0 Å². The number of hydrogen-bond acceptors (Lipinski definition) is 1. The van der Waals surface area contributed by atoms with Gasteiger partial charge in [0.1, 0.15) is 5.75 Å². The van der Waals surface area contributed by atoms with Gasteiger partial charge in [-0.1, -0.05) is 41.9 Å². The van der Waals surface area contributed by atoms with Gasteiger partial charge in [-0.25, -0.2) is 0 Å². The molecule has 1 atom stereocenters. The highest BCUT2D eigenvalue weighted by Crippen LogP contribution is 2.31. The highest BCUT2D eigenvalue weighted by atomic mass is 35.5. The minimum atomic E-state index is 0. The Morgan fingerprint density at radius 1 is 0.933 bits per heavy atom. The Kier molecular flexibility index (Phi) is 4.14. The third-order valence-corrected chi connectivity index (χ3v) is 2.28. The van der Waals surface area contributed by atoms with Crippen LogP contribution in [0.15, 0.2) is 48.5 Å². The van der Waals surface area contributed by atoms with Crippen LogP contribution in [0.2, 0.25) is 5.02 Å². The van der Waals surface area contributed by atoms with Crippen molar-refractivity contribution in [3.05, 3.63) is 53.6 Å². The first-order chi connectivity index (χ1) is 6.77. The molecule has 0 amide bonds. The van der Waals surface area contributed by atoms with Crippen molar-refractivity contribution in [1.82, 2.24) is 0 Å².